The molecular weight excluding hydrogens is 462 g/mol. The molecule has 0 spiro atoms. The Kier molecular flexibility index (Phi) is 8.35. The summed E-state index contributed by atoms with van der Waals surface area (Å²) in [4.78, 5) is 25.2. The first-order valence-electron chi connectivity index (χ1n) is 10.4. The molecule has 0 unspecified atom stereocenters. The van der Waals surface area contributed by atoms with Crippen molar-refractivity contribution < 1.29 is 14.3 Å². The Morgan fingerprint density at radius 1 is 1.21 bits per heavy atom. The van der Waals surface area contributed by atoms with Crippen molar-refractivity contribution in [2.75, 3.05) is 18.2 Å². The van der Waals surface area contributed by atoms with Crippen LogP contribution in [0.2, 0.25) is 5.02 Å². The summed E-state index contributed by atoms with van der Waals surface area (Å²) in [5, 5.41) is 15.5. The molecule has 3 rings (SSSR count). The largest absolute Gasteiger partial charge is 0.496 e. The summed E-state index contributed by atoms with van der Waals surface area (Å²) < 4.78 is 7.16. The van der Waals surface area contributed by atoms with Crippen LogP contribution in [0.25, 0.3) is 0 Å². The number of carbonyl (C=O) groups is 2. The molecule has 0 saturated heterocycles. The number of nitrogens with zero attached hydrogens (tertiary/aromatic N) is 3. The zero-order valence-corrected chi connectivity index (χ0v) is 20.5. The molecule has 8 nitrogen and oxygen atoms in total. The van der Waals surface area contributed by atoms with Gasteiger partial charge in [0.2, 0.25) is 5.91 Å². The highest BCUT2D eigenvalue weighted by Gasteiger charge is 2.21. The minimum absolute atomic E-state index is 0.159. The zero-order valence-electron chi connectivity index (χ0n) is 18.9. The van der Waals surface area contributed by atoms with Gasteiger partial charge in [0.05, 0.1) is 24.5 Å². The number of aryl methyl sites for hydroxylation is 1. The summed E-state index contributed by atoms with van der Waals surface area (Å²) >= 11 is 7.30. The summed E-state index contributed by atoms with van der Waals surface area (Å²) in [6.45, 7) is 6.29. The Hall–Kier alpha value is -3.04. The molecule has 1 atom stereocenters. The highest BCUT2D eigenvalue weighted by Crippen LogP contribution is 2.24. The standard InChI is InChI=1S/C23H26ClN5O3S/c1-5-29-21(15(3)25-22(31)17-8-6-7-9-19(17)32-4)27-28-23(29)33-13-20(30)26-18-12-16(24)11-10-14(18)2/h6-12,15H,5,13H2,1-4H3,(H,25,31)(H,26,30)/t15-/m1/s1. The number of halogens is 1. The second-order valence-corrected chi connectivity index (χ2v) is 8.66. The minimum atomic E-state index is -0.396. The van der Waals surface area contributed by atoms with Gasteiger partial charge in [-0.1, -0.05) is 41.6 Å². The molecule has 0 fully saturated rings. The van der Waals surface area contributed by atoms with Gasteiger partial charge in [-0.15, -0.1) is 10.2 Å². The van der Waals surface area contributed by atoms with Gasteiger partial charge in [-0.3, -0.25) is 9.59 Å². The molecule has 33 heavy (non-hydrogen) atoms. The number of hydrogen-bond acceptors (Lipinski definition) is 6. The normalized spacial score (nSPS) is 11.7. The third-order valence-corrected chi connectivity index (χ3v) is 6.16. The van der Waals surface area contributed by atoms with E-state index in [4.69, 9.17) is 16.3 Å². The lowest BCUT2D eigenvalue weighted by atomic mass is 10.1. The fraction of sp³-hybridized carbons (Fsp3) is 0.304. The van der Waals surface area contributed by atoms with Gasteiger partial charge in [0.1, 0.15) is 5.75 Å². The van der Waals surface area contributed by atoms with E-state index in [9.17, 15) is 9.59 Å². The van der Waals surface area contributed by atoms with Crippen LogP contribution in [0.3, 0.4) is 0 Å². The van der Waals surface area contributed by atoms with Crippen LogP contribution in [0.15, 0.2) is 47.6 Å². The molecule has 0 aliphatic heterocycles. The number of amides is 2. The van der Waals surface area contributed by atoms with Gasteiger partial charge in [-0.25, -0.2) is 0 Å². The number of carbonyl (C=O) groups excluding carboxylic acids is 2. The quantitative estimate of drug-likeness (QED) is 0.431. The number of anilines is 1. The highest BCUT2D eigenvalue weighted by atomic mass is 35.5. The lowest BCUT2D eigenvalue weighted by Crippen LogP contribution is -2.29. The van der Waals surface area contributed by atoms with Gasteiger partial charge in [0.15, 0.2) is 11.0 Å². The van der Waals surface area contributed by atoms with Crippen LogP contribution in [-0.2, 0) is 11.3 Å². The maximum Gasteiger partial charge on any atom is 0.255 e. The van der Waals surface area contributed by atoms with E-state index < -0.39 is 6.04 Å². The molecule has 0 saturated carbocycles. The molecule has 10 heteroatoms. The Morgan fingerprint density at radius 2 is 1.97 bits per heavy atom. The third-order valence-electron chi connectivity index (χ3n) is 4.95. The predicted octanol–water partition coefficient (Wildman–Crippen LogP) is 4.49. The number of benzene rings is 2. The number of methoxy groups -OCH3 is 1. The number of thioether (sulfide) groups is 1. The molecule has 0 aliphatic rings. The van der Waals surface area contributed by atoms with Crippen LogP contribution in [0.5, 0.6) is 5.75 Å². The van der Waals surface area contributed by atoms with Gasteiger partial charge < -0.3 is 19.9 Å². The van der Waals surface area contributed by atoms with Crippen molar-refractivity contribution in [2.45, 2.75) is 38.5 Å². The summed E-state index contributed by atoms with van der Waals surface area (Å²) in [5.41, 5.74) is 2.05. The summed E-state index contributed by atoms with van der Waals surface area (Å²) in [7, 11) is 1.52. The Balaban J connectivity index is 1.66. The molecular formula is C23H26ClN5O3S. The molecule has 1 aromatic heterocycles. The van der Waals surface area contributed by atoms with Gasteiger partial charge in [0.25, 0.3) is 5.91 Å². The topological polar surface area (TPSA) is 98.1 Å². The van der Waals surface area contributed by atoms with Gasteiger partial charge in [-0.05, 0) is 50.6 Å². The Morgan fingerprint density at radius 3 is 2.70 bits per heavy atom. The van der Waals surface area contributed by atoms with E-state index in [0.717, 1.165) is 5.56 Å². The zero-order chi connectivity index (χ0) is 24.0. The number of aromatic nitrogens is 3. The fourth-order valence-electron chi connectivity index (χ4n) is 3.24. The first kappa shape index (κ1) is 24.6. The van der Waals surface area contributed by atoms with Gasteiger partial charge in [0, 0.05) is 17.3 Å². The second-order valence-electron chi connectivity index (χ2n) is 7.28. The van der Waals surface area contributed by atoms with Crippen LogP contribution in [0, 0.1) is 6.92 Å². The van der Waals surface area contributed by atoms with Crippen LogP contribution in [0.1, 0.15) is 41.6 Å². The van der Waals surface area contributed by atoms with E-state index >= 15 is 0 Å². The lowest BCUT2D eigenvalue weighted by Gasteiger charge is -2.16. The van der Waals surface area contributed by atoms with Crippen molar-refractivity contribution in [3.05, 3.63) is 64.4 Å². The number of para-hydroxylation sites is 1. The maximum atomic E-state index is 12.7. The summed E-state index contributed by atoms with van der Waals surface area (Å²) in [6.07, 6.45) is 0. The minimum Gasteiger partial charge on any atom is -0.496 e. The summed E-state index contributed by atoms with van der Waals surface area (Å²) in [6, 6.07) is 12.0. The van der Waals surface area contributed by atoms with Crippen molar-refractivity contribution in [3.63, 3.8) is 0 Å². The maximum absolute atomic E-state index is 12.7. The number of rotatable bonds is 9. The van der Waals surface area contributed by atoms with Gasteiger partial charge >= 0.3 is 0 Å². The first-order chi connectivity index (χ1) is 15.8. The SMILES string of the molecule is CCn1c(SCC(=O)Nc2cc(Cl)ccc2C)nnc1[C@@H](C)NC(=O)c1ccccc1OC. The average Bonchev–Trinajstić information content (AvgIpc) is 3.23. The van der Waals surface area contributed by atoms with E-state index in [0.29, 0.717) is 39.5 Å². The van der Waals surface area contributed by atoms with Crippen LogP contribution < -0.4 is 15.4 Å². The van der Waals surface area contributed by atoms with Gasteiger partial charge in [-0.2, -0.15) is 0 Å². The molecule has 0 aliphatic carbocycles. The second kappa shape index (κ2) is 11.2. The predicted molar refractivity (Wildman–Crippen MR) is 130 cm³/mol. The molecule has 1 heterocycles. The number of hydrogen-bond donors (Lipinski definition) is 2. The van der Waals surface area contributed by atoms with E-state index in [-0.39, 0.29) is 17.6 Å². The first-order valence-corrected chi connectivity index (χ1v) is 11.8. The number of ether oxygens (including phenoxy) is 1. The third kappa shape index (κ3) is 6.06. The number of nitrogens with one attached hydrogen (secondary N) is 2. The Bertz CT molecular complexity index is 1150. The fourth-order valence-corrected chi connectivity index (χ4v) is 4.22. The lowest BCUT2D eigenvalue weighted by molar-refractivity contribution is -0.113. The highest BCUT2D eigenvalue weighted by molar-refractivity contribution is 7.99. The van der Waals surface area contributed by atoms with Crippen molar-refractivity contribution in [3.8, 4) is 5.75 Å². The van der Waals surface area contributed by atoms with E-state index in [2.05, 4.69) is 20.8 Å². The van der Waals surface area contributed by atoms with Crippen molar-refractivity contribution in [1.82, 2.24) is 20.1 Å². The van der Waals surface area contributed by atoms with Crippen molar-refractivity contribution in [1.29, 1.82) is 0 Å². The molecule has 2 amide bonds. The monoisotopic (exact) mass is 487 g/mol. The van der Waals surface area contributed by atoms with E-state index in [1.165, 1.54) is 18.9 Å². The van der Waals surface area contributed by atoms with E-state index in [1.807, 2.05) is 31.4 Å². The van der Waals surface area contributed by atoms with E-state index in [1.54, 1.807) is 36.4 Å². The van der Waals surface area contributed by atoms with Crippen molar-refractivity contribution >= 4 is 40.9 Å². The Labute approximate surface area is 202 Å². The molecule has 0 radical (unpaired) electrons. The molecule has 3 aromatic rings. The molecule has 174 valence electrons. The average molecular weight is 488 g/mol. The smallest absolute Gasteiger partial charge is 0.255 e. The van der Waals surface area contributed by atoms with Crippen LogP contribution in [-0.4, -0.2) is 39.4 Å². The van der Waals surface area contributed by atoms with Crippen LogP contribution >= 0.6 is 23.4 Å². The van der Waals surface area contributed by atoms with Crippen molar-refractivity contribution in [2.24, 2.45) is 0 Å². The summed E-state index contributed by atoms with van der Waals surface area (Å²) in [5.74, 6) is 0.823. The van der Waals surface area contributed by atoms with Crippen LogP contribution in [0.4, 0.5) is 5.69 Å². The molecule has 0 bridgehead atoms. The molecule has 2 aromatic carbocycles. The molecule has 2 N–H and O–H groups in total.